The monoisotopic (exact) mass is 278 g/mol. The molecule has 0 radical (unpaired) electrons. The summed E-state index contributed by atoms with van der Waals surface area (Å²) in [6.07, 6.45) is 0.0463. The maximum absolute atomic E-state index is 13.6. The van der Waals surface area contributed by atoms with Crippen molar-refractivity contribution in [1.82, 2.24) is 0 Å². The van der Waals surface area contributed by atoms with Crippen LogP contribution in [0.4, 0.5) is 4.39 Å². The topological polar surface area (TPSA) is 26.3 Å². The third-order valence-electron chi connectivity index (χ3n) is 2.79. The molecule has 0 atom stereocenters. The van der Waals surface area contributed by atoms with E-state index in [1.54, 1.807) is 18.2 Å². The number of Topliss-reactive ketones (excluding diaryl/α,β-unsaturated/α-hetero) is 1. The standard InChI is InChI=1S/C15H12ClFO2/c1-19-14-8-3-2-5-10(14)9-13(18)15-11(16)6-4-7-12(15)17/h2-8H,9H2,1H3. The van der Waals surface area contributed by atoms with E-state index in [0.717, 1.165) is 0 Å². The lowest BCUT2D eigenvalue weighted by atomic mass is 10.0. The average Bonchev–Trinajstić information content (AvgIpc) is 2.39. The first kappa shape index (κ1) is 13.6. The van der Waals surface area contributed by atoms with Crippen LogP contribution < -0.4 is 4.74 Å². The Bertz CT molecular complexity index is 591. The summed E-state index contributed by atoms with van der Waals surface area (Å²) in [6.45, 7) is 0. The highest BCUT2D eigenvalue weighted by Crippen LogP contribution is 2.24. The largest absolute Gasteiger partial charge is 0.496 e. The summed E-state index contributed by atoms with van der Waals surface area (Å²) in [7, 11) is 1.53. The van der Waals surface area contributed by atoms with Gasteiger partial charge in [0.1, 0.15) is 11.6 Å². The van der Waals surface area contributed by atoms with Crippen molar-refractivity contribution in [3.63, 3.8) is 0 Å². The smallest absolute Gasteiger partial charge is 0.171 e. The zero-order valence-electron chi connectivity index (χ0n) is 10.3. The Morgan fingerprint density at radius 3 is 2.63 bits per heavy atom. The summed E-state index contributed by atoms with van der Waals surface area (Å²) in [4.78, 5) is 12.1. The molecule has 2 rings (SSSR count). The van der Waals surface area contributed by atoms with Crippen molar-refractivity contribution in [2.45, 2.75) is 6.42 Å². The number of benzene rings is 2. The molecule has 0 aliphatic carbocycles. The molecule has 0 saturated carbocycles. The van der Waals surface area contributed by atoms with Crippen molar-refractivity contribution in [1.29, 1.82) is 0 Å². The van der Waals surface area contributed by atoms with E-state index in [4.69, 9.17) is 16.3 Å². The predicted molar refractivity (Wildman–Crippen MR) is 72.4 cm³/mol. The lowest BCUT2D eigenvalue weighted by Crippen LogP contribution is -2.08. The van der Waals surface area contributed by atoms with Gasteiger partial charge in [-0.2, -0.15) is 0 Å². The third kappa shape index (κ3) is 2.93. The minimum atomic E-state index is -0.604. The second-order valence-corrected chi connectivity index (χ2v) is 4.42. The van der Waals surface area contributed by atoms with Crippen molar-refractivity contribution in [3.8, 4) is 5.75 Å². The molecule has 98 valence electrons. The van der Waals surface area contributed by atoms with Gasteiger partial charge in [-0.15, -0.1) is 0 Å². The van der Waals surface area contributed by atoms with E-state index in [2.05, 4.69) is 0 Å². The Balaban J connectivity index is 2.31. The van der Waals surface area contributed by atoms with Gasteiger partial charge in [-0.1, -0.05) is 35.9 Å². The minimum absolute atomic E-state index is 0.0463. The van der Waals surface area contributed by atoms with E-state index in [9.17, 15) is 9.18 Å². The molecule has 2 aromatic rings. The van der Waals surface area contributed by atoms with Gasteiger partial charge >= 0.3 is 0 Å². The highest BCUT2D eigenvalue weighted by molar-refractivity contribution is 6.34. The molecule has 0 spiro atoms. The number of carbonyl (C=O) groups is 1. The zero-order chi connectivity index (χ0) is 13.8. The highest BCUT2D eigenvalue weighted by atomic mass is 35.5. The molecule has 0 aromatic heterocycles. The molecule has 0 bridgehead atoms. The van der Waals surface area contributed by atoms with Crippen LogP contribution >= 0.6 is 11.6 Å². The number of rotatable bonds is 4. The van der Waals surface area contributed by atoms with Crippen LogP contribution in [-0.4, -0.2) is 12.9 Å². The van der Waals surface area contributed by atoms with Gasteiger partial charge in [0, 0.05) is 12.0 Å². The quantitative estimate of drug-likeness (QED) is 0.793. The second kappa shape index (κ2) is 5.85. The molecule has 0 aliphatic heterocycles. The van der Waals surface area contributed by atoms with Crippen LogP contribution in [0.5, 0.6) is 5.75 Å². The molecule has 0 saturated heterocycles. The number of carbonyl (C=O) groups excluding carboxylic acids is 1. The SMILES string of the molecule is COc1ccccc1CC(=O)c1c(F)cccc1Cl. The Morgan fingerprint density at radius 1 is 1.21 bits per heavy atom. The Kier molecular flexibility index (Phi) is 4.17. The zero-order valence-corrected chi connectivity index (χ0v) is 11.1. The predicted octanol–water partition coefficient (Wildman–Crippen LogP) is 3.91. The van der Waals surface area contributed by atoms with E-state index in [0.29, 0.717) is 11.3 Å². The first-order valence-electron chi connectivity index (χ1n) is 5.72. The fourth-order valence-electron chi connectivity index (χ4n) is 1.87. The number of halogens is 2. The summed E-state index contributed by atoms with van der Waals surface area (Å²) >= 11 is 5.87. The molecule has 0 fully saturated rings. The number of ketones is 1. The van der Waals surface area contributed by atoms with Crippen molar-refractivity contribution >= 4 is 17.4 Å². The normalized spacial score (nSPS) is 10.3. The number of para-hydroxylation sites is 1. The molecule has 0 aliphatic rings. The van der Waals surface area contributed by atoms with Crippen LogP contribution in [0.15, 0.2) is 42.5 Å². The maximum Gasteiger partial charge on any atom is 0.171 e. The molecule has 0 amide bonds. The van der Waals surface area contributed by atoms with E-state index >= 15 is 0 Å². The van der Waals surface area contributed by atoms with Crippen LogP contribution in [0, 0.1) is 5.82 Å². The molecule has 0 unspecified atom stereocenters. The number of hydrogen-bond acceptors (Lipinski definition) is 2. The van der Waals surface area contributed by atoms with Gasteiger partial charge in [0.25, 0.3) is 0 Å². The number of methoxy groups -OCH3 is 1. The van der Waals surface area contributed by atoms with Gasteiger partial charge in [0.05, 0.1) is 17.7 Å². The Morgan fingerprint density at radius 2 is 1.95 bits per heavy atom. The summed E-state index contributed by atoms with van der Waals surface area (Å²) in [5, 5.41) is 0.125. The second-order valence-electron chi connectivity index (χ2n) is 4.01. The molecule has 2 nitrogen and oxygen atoms in total. The van der Waals surface area contributed by atoms with Gasteiger partial charge in [-0.25, -0.2) is 4.39 Å². The van der Waals surface area contributed by atoms with Crippen LogP contribution in [0.25, 0.3) is 0 Å². The Labute approximate surface area is 115 Å². The molecule has 2 aromatic carbocycles. The van der Waals surface area contributed by atoms with Crippen molar-refractivity contribution < 1.29 is 13.9 Å². The van der Waals surface area contributed by atoms with Gasteiger partial charge in [-0.3, -0.25) is 4.79 Å². The third-order valence-corrected chi connectivity index (χ3v) is 3.10. The number of hydrogen-bond donors (Lipinski definition) is 0. The lowest BCUT2D eigenvalue weighted by molar-refractivity contribution is 0.0988. The highest BCUT2D eigenvalue weighted by Gasteiger charge is 2.17. The Hall–Kier alpha value is -1.87. The summed E-state index contributed by atoms with van der Waals surface area (Å²) in [5.41, 5.74) is 0.629. The van der Waals surface area contributed by atoms with E-state index in [1.165, 1.54) is 25.3 Å². The van der Waals surface area contributed by atoms with E-state index in [1.807, 2.05) is 6.07 Å². The summed E-state index contributed by atoms with van der Waals surface area (Å²) < 4.78 is 18.8. The molecule has 4 heteroatoms. The van der Waals surface area contributed by atoms with Crippen molar-refractivity contribution in [2.75, 3.05) is 7.11 Å². The first-order chi connectivity index (χ1) is 9.13. The van der Waals surface area contributed by atoms with E-state index < -0.39 is 5.82 Å². The van der Waals surface area contributed by atoms with Crippen LogP contribution in [-0.2, 0) is 6.42 Å². The fraction of sp³-hybridized carbons (Fsp3) is 0.133. The van der Waals surface area contributed by atoms with Crippen LogP contribution in [0.3, 0.4) is 0 Å². The van der Waals surface area contributed by atoms with Gasteiger partial charge in [-0.05, 0) is 18.2 Å². The average molecular weight is 279 g/mol. The molecule has 19 heavy (non-hydrogen) atoms. The summed E-state index contributed by atoms with van der Waals surface area (Å²) in [5.74, 6) is -0.372. The van der Waals surface area contributed by atoms with Crippen LogP contribution in [0.1, 0.15) is 15.9 Å². The molecular weight excluding hydrogens is 267 g/mol. The van der Waals surface area contributed by atoms with Gasteiger partial charge in [0.2, 0.25) is 0 Å². The number of ether oxygens (including phenoxy) is 1. The lowest BCUT2D eigenvalue weighted by Gasteiger charge is -2.08. The first-order valence-corrected chi connectivity index (χ1v) is 6.10. The van der Waals surface area contributed by atoms with Crippen molar-refractivity contribution in [2.24, 2.45) is 0 Å². The fourth-order valence-corrected chi connectivity index (χ4v) is 2.14. The molecule has 0 heterocycles. The molecular formula is C15H12ClFO2. The van der Waals surface area contributed by atoms with Crippen molar-refractivity contribution in [3.05, 3.63) is 64.4 Å². The summed E-state index contributed by atoms with van der Waals surface area (Å²) in [6, 6.07) is 11.3. The minimum Gasteiger partial charge on any atom is -0.496 e. The van der Waals surface area contributed by atoms with Crippen LogP contribution in [0.2, 0.25) is 5.02 Å². The van der Waals surface area contributed by atoms with E-state index in [-0.39, 0.29) is 22.8 Å². The molecule has 0 N–H and O–H groups in total. The maximum atomic E-state index is 13.6. The van der Waals surface area contributed by atoms with Gasteiger partial charge in [0.15, 0.2) is 5.78 Å². The van der Waals surface area contributed by atoms with Gasteiger partial charge < -0.3 is 4.74 Å².